The fourth-order valence-corrected chi connectivity index (χ4v) is 2.72. The number of aromatic nitrogens is 3. The zero-order valence-corrected chi connectivity index (χ0v) is 12.1. The molecule has 3 heterocycles. The number of imidazole rings is 1. The van der Waals surface area contributed by atoms with Crippen LogP contribution in [-0.4, -0.2) is 40.7 Å². The van der Waals surface area contributed by atoms with Gasteiger partial charge in [0.15, 0.2) is 0 Å². The summed E-state index contributed by atoms with van der Waals surface area (Å²) in [6.07, 6.45) is 2.02. The molecular formula is C16H17N5O. The molecule has 2 aromatic heterocycles. The molecule has 1 aliphatic rings. The summed E-state index contributed by atoms with van der Waals surface area (Å²) >= 11 is 0. The zero-order chi connectivity index (χ0) is 14.9. The molecule has 1 saturated heterocycles. The van der Waals surface area contributed by atoms with Gasteiger partial charge in [0.1, 0.15) is 11.5 Å². The summed E-state index contributed by atoms with van der Waals surface area (Å²) in [5, 5.41) is 0. The Morgan fingerprint density at radius 3 is 2.59 bits per heavy atom. The van der Waals surface area contributed by atoms with Gasteiger partial charge in [-0.2, -0.15) is 4.98 Å². The predicted molar refractivity (Wildman–Crippen MR) is 85.9 cm³/mol. The van der Waals surface area contributed by atoms with Crippen LogP contribution in [0.5, 0.6) is 0 Å². The first-order chi connectivity index (χ1) is 10.8. The lowest BCUT2D eigenvalue weighted by molar-refractivity contribution is 0.122. The quantitative estimate of drug-likeness (QED) is 0.781. The molecule has 3 aromatic rings. The lowest BCUT2D eigenvalue weighted by Gasteiger charge is -2.28. The first-order valence-corrected chi connectivity index (χ1v) is 7.35. The minimum atomic E-state index is 0.485. The van der Waals surface area contributed by atoms with Gasteiger partial charge in [-0.1, -0.05) is 30.3 Å². The largest absolute Gasteiger partial charge is 0.383 e. The smallest absolute Gasteiger partial charge is 0.213 e. The number of nitrogen functional groups attached to an aromatic ring is 1. The van der Waals surface area contributed by atoms with Crippen LogP contribution in [0.4, 0.5) is 11.8 Å². The van der Waals surface area contributed by atoms with E-state index >= 15 is 0 Å². The molecule has 112 valence electrons. The van der Waals surface area contributed by atoms with Crippen molar-refractivity contribution in [3.63, 3.8) is 0 Å². The zero-order valence-electron chi connectivity index (χ0n) is 12.1. The van der Waals surface area contributed by atoms with E-state index in [-0.39, 0.29) is 0 Å². The summed E-state index contributed by atoms with van der Waals surface area (Å²) < 4.78 is 7.42. The molecule has 0 spiro atoms. The molecule has 1 aromatic carbocycles. The molecule has 0 unspecified atom stereocenters. The van der Waals surface area contributed by atoms with E-state index in [1.54, 1.807) is 6.07 Å². The minimum Gasteiger partial charge on any atom is -0.383 e. The van der Waals surface area contributed by atoms with Gasteiger partial charge in [0.25, 0.3) is 0 Å². The number of morpholine rings is 1. The van der Waals surface area contributed by atoms with E-state index in [2.05, 4.69) is 14.9 Å². The van der Waals surface area contributed by atoms with Crippen molar-refractivity contribution in [3.05, 3.63) is 42.6 Å². The van der Waals surface area contributed by atoms with Gasteiger partial charge < -0.3 is 15.4 Å². The van der Waals surface area contributed by atoms with Crippen molar-refractivity contribution in [1.82, 2.24) is 14.4 Å². The van der Waals surface area contributed by atoms with Crippen LogP contribution >= 0.6 is 0 Å². The number of hydrogen-bond acceptors (Lipinski definition) is 5. The topological polar surface area (TPSA) is 68.7 Å². The third kappa shape index (κ3) is 2.27. The molecule has 1 aliphatic heterocycles. The number of nitrogens with two attached hydrogens (primary N) is 1. The highest BCUT2D eigenvalue weighted by molar-refractivity contribution is 5.65. The van der Waals surface area contributed by atoms with E-state index in [1.165, 1.54) is 0 Å². The van der Waals surface area contributed by atoms with Crippen molar-refractivity contribution in [3.8, 4) is 11.3 Å². The second-order valence-electron chi connectivity index (χ2n) is 5.30. The lowest BCUT2D eigenvalue weighted by Crippen LogP contribution is -2.38. The van der Waals surface area contributed by atoms with Crippen LogP contribution in [-0.2, 0) is 4.74 Å². The maximum absolute atomic E-state index is 5.96. The van der Waals surface area contributed by atoms with E-state index in [9.17, 15) is 0 Å². The molecule has 0 aliphatic carbocycles. The number of rotatable bonds is 2. The Kier molecular flexibility index (Phi) is 3.16. The van der Waals surface area contributed by atoms with Gasteiger partial charge in [-0.15, -0.1) is 0 Å². The molecular weight excluding hydrogens is 278 g/mol. The van der Waals surface area contributed by atoms with Crippen molar-refractivity contribution >= 4 is 17.4 Å². The van der Waals surface area contributed by atoms with Crippen molar-refractivity contribution in [2.75, 3.05) is 36.9 Å². The lowest BCUT2D eigenvalue weighted by atomic mass is 10.2. The second kappa shape index (κ2) is 5.31. The molecule has 2 N–H and O–H groups in total. The van der Waals surface area contributed by atoms with Gasteiger partial charge in [-0.05, 0) is 0 Å². The average molecular weight is 295 g/mol. The monoisotopic (exact) mass is 295 g/mol. The highest BCUT2D eigenvalue weighted by atomic mass is 16.5. The summed E-state index contributed by atoms with van der Waals surface area (Å²) in [4.78, 5) is 11.4. The highest BCUT2D eigenvalue weighted by Gasteiger charge is 2.17. The molecule has 0 radical (unpaired) electrons. The first kappa shape index (κ1) is 13.1. The van der Waals surface area contributed by atoms with Gasteiger partial charge in [-0.3, -0.25) is 4.40 Å². The number of anilines is 2. The van der Waals surface area contributed by atoms with Gasteiger partial charge in [0.2, 0.25) is 5.95 Å². The molecule has 22 heavy (non-hydrogen) atoms. The summed E-state index contributed by atoms with van der Waals surface area (Å²) in [7, 11) is 0. The SMILES string of the molecule is Nc1cc2nc(-c3ccccc3)cn2c(N2CCOCC2)n1. The van der Waals surface area contributed by atoms with E-state index < -0.39 is 0 Å². The fourth-order valence-electron chi connectivity index (χ4n) is 2.72. The van der Waals surface area contributed by atoms with Crippen molar-refractivity contribution in [2.24, 2.45) is 0 Å². The normalized spacial score (nSPS) is 15.4. The maximum Gasteiger partial charge on any atom is 0.213 e. The van der Waals surface area contributed by atoms with Crippen LogP contribution in [0.15, 0.2) is 42.6 Å². The molecule has 6 nitrogen and oxygen atoms in total. The van der Waals surface area contributed by atoms with Crippen molar-refractivity contribution < 1.29 is 4.74 Å². The Balaban J connectivity index is 1.84. The van der Waals surface area contributed by atoms with Crippen LogP contribution < -0.4 is 10.6 Å². The highest BCUT2D eigenvalue weighted by Crippen LogP contribution is 2.24. The van der Waals surface area contributed by atoms with E-state index in [0.717, 1.165) is 35.9 Å². The molecule has 0 amide bonds. The summed E-state index contributed by atoms with van der Waals surface area (Å²) in [5.41, 5.74) is 8.77. The molecule has 6 heteroatoms. The van der Waals surface area contributed by atoms with Crippen LogP contribution in [0.3, 0.4) is 0 Å². The standard InChI is InChI=1S/C16H17N5O/c17-14-10-15-18-13(12-4-2-1-3-5-12)11-21(15)16(19-14)20-6-8-22-9-7-20/h1-5,10-11H,6-9,17H2. The number of hydrogen-bond donors (Lipinski definition) is 1. The minimum absolute atomic E-state index is 0.485. The molecule has 4 rings (SSSR count). The summed E-state index contributed by atoms with van der Waals surface area (Å²) in [6.45, 7) is 3.03. The van der Waals surface area contributed by atoms with Gasteiger partial charge >= 0.3 is 0 Å². The van der Waals surface area contributed by atoms with Crippen molar-refractivity contribution in [2.45, 2.75) is 0 Å². The van der Waals surface area contributed by atoms with E-state index in [4.69, 9.17) is 10.5 Å². The van der Waals surface area contributed by atoms with Crippen LogP contribution in [0, 0.1) is 0 Å². The van der Waals surface area contributed by atoms with Gasteiger partial charge in [-0.25, -0.2) is 4.98 Å². The number of fused-ring (bicyclic) bond motifs is 1. The Hall–Kier alpha value is -2.60. The Morgan fingerprint density at radius 1 is 1.05 bits per heavy atom. The van der Waals surface area contributed by atoms with Crippen LogP contribution in [0.2, 0.25) is 0 Å². The number of ether oxygens (including phenoxy) is 1. The van der Waals surface area contributed by atoms with E-state index in [0.29, 0.717) is 19.0 Å². The maximum atomic E-state index is 5.96. The molecule has 0 saturated carbocycles. The van der Waals surface area contributed by atoms with Crippen LogP contribution in [0.25, 0.3) is 16.9 Å². The molecule has 0 bridgehead atoms. The predicted octanol–water partition coefficient (Wildman–Crippen LogP) is 1.82. The first-order valence-electron chi connectivity index (χ1n) is 7.35. The Morgan fingerprint density at radius 2 is 1.82 bits per heavy atom. The fraction of sp³-hybridized carbons (Fsp3) is 0.250. The van der Waals surface area contributed by atoms with Gasteiger partial charge in [0, 0.05) is 30.9 Å². The van der Waals surface area contributed by atoms with Gasteiger partial charge in [0.05, 0.1) is 18.9 Å². The number of benzene rings is 1. The molecule has 0 atom stereocenters. The average Bonchev–Trinajstić information content (AvgIpc) is 2.99. The third-order valence-electron chi connectivity index (χ3n) is 3.82. The van der Waals surface area contributed by atoms with E-state index in [1.807, 2.05) is 40.9 Å². The second-order valence-corrected chi connectivity index (χ2v) is 5.30. The molecule has 1 fully saturated rings. The van der Waals surface area contributed by atoms with Crippen molar-refractivity contribution in [1.29, 1.82) is 0 Å². The third-order valence-corrected chi connectivity index (χ3v) is 3.82. The Labute approximate surface area is 128 Å². The Bertz CT molecular complexity index is 793. The summed E-state index contributed by atoms with van der Waals surface area (Å²) in [6, 6.07) is 11.9. The number of nitrogens with zero attached hydrogens (tertiary/aromatic N) is 4. The van der Waals surface area contributed by atoms with Crippen LogP contribution in [0.1, 0.15) is 0 Å². The summed E-state index contributed by atoms with van der Waals surface area (Å²) in [5.74, 6) is 1.31.